The lowest BCUT2D eigenvalue weighted by Crippen LogP contribution is -2.52. The summed E-state index contributed by atoms with van der Waals surface area (Å²) in [5.74, 6) is -0.937. The van der Waals surface area contributed by atoms with Gasteiger partial charge < -0.3 is 10.2 Å². The van der Waals surface area contributed by atoms with E-state index in [2.05, 4.69) is 5.32 Å². The molecule has 208 valence electrons. The van der Waals surface area contributed by atoms with E-state index in [4.69, 9.17) is 23.2 Å². The number of anilines is 1. The maximum Gasteiger partial charge on any atom is 0.264 e. The van der Waals surface area contributed by atoms with Crippen LogP contribution in [0.4, 0.5) is 5.69 Å². The number of carbonyl (C=O) groups is 2. The van der Waals surface area contributed by atoms with Crippen molar-refractivity contribution >= 4 is 50.7 Å². The fourth-order valence-electron chi connectivity index (χ4n) is 3.86. The molecule has 3 rings (SSSR count). The number of nitrogens with one attached hydrogen (secondary N) is 1. The number of sulfonamides is 1. The van der Waals surface area contributed by atoms with Gasteiger partial charge in [0.1, 0.15) is 12.6 Å². The van der Waals surface area contributed by atoms with Crippen LogP contribution in [0.2, 0.25) is 10.0 Å². The van der Waals surface area contributed by atoms with Crippen LogP contribution in [0.5, 0.6) is 0 Å². The van der Waals surface area contributed by atoms with Crippen LogP contribution >= 0.6 is 23.2 Å². The number of halogens is 2. The molecule has 0 aliphatic carbocycles. The first-order chi connectivity index (χ1) is 18.4. The fraction of sp³-hybridized carbons (Fsp3) is 0.310. The number of hydrogen-bond donors (Lipinski definition) is 1. The van der Waals surface area contributed by atoms with Crippen molar-refractivity contribution in [2.75, 3.05) is 10.8 Å². The maximum absolute atomic E-state index is 13.9. The highest BCUT2D eigenvalue weighted by Gasteiger charge is 2.33. The van der Waals surface area contributed by atoms with E-state index in [0.717, 1.165) is 9.87 Å². The lowest BCUT2D eigenvalue weighted by molar-refractivity contribution is -0.139. The zero-order valence-electron chi connectivity index (χ0n) is 22.4. The minimum absolute atomic E-state index is 0.00847. The third kappa shape index (κ3) is 7.53. The predicted octanol–water partition coefficient (Wildman–Crippen LogP) is 5.83. The molecular formula is C29H33Cl2N3O4S. The van der Waals surface area contributed by atoms with Crippen molar-refractivity contribution in [2.24, 2.45) is 0 Å². The summed E-state index contributed by atoms with van der Waals surface area (Å²) in [7, 11) is -4.20. The average molecular weight is 591 g/mol. The van der Waals surface area contributed by atoms with Crippen LogP contribution in [0.1, 0.15) is 38.3 Å². The van der Waals surface area contributed by atoms with Gasteiger partial charge in [-0.1, -0.05) is 78.2 Å². The van der Waals surface area contributed by atoms with Crippen molar-refractivity contribution in [3.63, 3.8) is 0 Å². The molecule has 0 aromatic heterocycles. The molecular weight excluding hydrogens is 557 g/mol. The molecule has 1 N–H and O–H groups in total. The summed E-state index contributed by atoms with van der Waals surface area (Å²) in [5, 5.41) is 3.50. The van der Waals surface area contributed by atoms with Crippen LogP contribution in [0.15, 0.2) is 77.7 Å². The van der Waals surface area contributed by atoms with Crippen LogP contribution in [0, 0.1) is 6.92 Å². The van der Waals surface area contributed by atoms with Gasteiger partial charge in [-0.15, -0.1) is 0 Å². The van der Waals surface area contributed by atoms with Gasteiger partial charge in [0.05, 0.1) is 15.6 Å². The average Bonchev–Trinajstić information content (AvgIpc) is 2.91. The van der Waals surface area contributed by atoms with Gasteiger partial charge in [0.15, 0.2) is 0 Å². The quantitative estimate of drug-likeness (QED) is 0.305. The minimum Gasteiger partial charge on any atom is -0.352 e. The first-order valence-corrected chi connectivity index (χ1v) is 14.8. The van der Waals surface area contributed by atoms with Crippen LogP contribution < -0.4 is 9.62 Å². The zero-order chi connectivity index (χ0) is 28.7. The zero-order valence-corrected chi connectivity index (χ0v) is 24.7. The Morgan fingerprint density at radius 2 is 1.49 bits per heavy atom. The molecule has 0 heterocycles. The number of hydrogen-bond acceptors (Lipinski definition) is 4. The van der Waals surface area contributed by atoms with E-state index >= 15 is 0 Å². The molecule has 0 saturated carbocycles. The van der Waals surface area contributed by atoms with E-state index < -0.39 is 28.5 Å². The molecule has 0 fully saturated rings. The van der Waals surface area contributed by atoms with Crippen LogP contribution in [0.3, 0.4) is 0 Å². The van der Waals surface area contributed by atoms with Crippen LogP contribution in [-0.2, 0) is 26.2 Å². The summed E-state index contributed by atoms with van der Waals surface area (Å²) in [6.45, 7) is 6.71. The fourth-order valence-corrected chi connectivity index (χ4v) is 5.78. The molecule has 7 nitrogen and oxygen atoms in total. The molecule has 0 aliphatic rings. The largest absolute Gasteiger partial charge is 0.352 e. The second kappa shape index (κ2) is 13.3. The third-order valence-corrected chi connectivity index (χ3v) is 8.94. The molecule has 3 aromatic rings. The molecule has 3 aromatic carbocycles. The Labute approximate surface area is 240 Å². The summed E-state index contributed by atoms with van der Waals surface area (Å²) < 4.78 is 28.7. The molecule has 0 aliphatic heterocycles. The van der Waals surface area contributed by atoms with E-state index in [9.17, 15) is 18.0 Å². The van der Waals surface area contributed by atoms with E-state index in [1.165, 1.54) is 17.0 Å². The van der Waals surface area contributed by atoms with E-state index in [1.807, 2.05) is 20.8 Å². The molecule has 2 amide bonds. The molecule has 2 atom stereocenters. The van der Waals surface area contributed by atoms with Gasteiger partial charge >= 0.3 is 0 Å². The molecule has 10 heteroatoms. The van der Waals surface area contributed by atoms with Gasteiger partial charge in [0, 0.05) is 17.6 Å². The maximum atomic E-state index is 13.9. The SMILES string of the molecule is CC[C@@H](C)NC(=O)[C@H](C)N(Cc1ccccc1Cl)C(=O)CN(c1ccccc1Cl)S(=O)(=O)c1ccc(C)cc1. The Bertz CT molecular complexity index is 1410. The van der Waals surface area contributed by atoms with Gasteiger partial charge in [-0.25, -0.2) is 8.42 Å². The molecule has 0 unspecified atom stereocenters. The molecule has 0 spiro atoms. The Balaban J connectivity index is 2.05. The summed E-state index contributed by atoms with van der Waals surface area (Å²) >= 11 is 12.8. The van der Waals surface area contributed by atoms with Gasteiger partial charge in [-0.2, -0.15) is 0 Å². The summed E-state index contributed by atoms with van der Waals surface area (Å²) in [5.41, 5.74) is 1.67. The van der Waals surface area contributed by atoms with Gasteiger partial charge in [-0.05, 0) is 63.1 Å². The van der Waals surface area contributed by atoms with Crippen molar-refractivity contribution in [3.8, 4) is 0 Å². The number of carbonyl (C=O) groups excluding carboxylic acids is 2. The molecule has 0 radical (unpaired) electrons. The number of rotatable bonds is 11. The standard InChI is InChI=1S/C29H33Cl2N3O4S/c1-5-21(3)32-29(36)22(4)33(18-23-10-6-7-11-25(23)30)28(35)19-34(27-13-9-8-12-26(27)31)39(37,38)24-16-14-20(2)15-17-24/h6-17,21-22H,5,18-19H2,1-4H3,(H,32,36)/t21-,22+/m1/s1. The summed E-state index contributed by atoms with van der Waals surface area (Å²) in [4.78, 5) is 28.4. The predicted molar refractivity (Wildman–Crippen MR) is 157 cm³/mol. The van der Waals surface area contributed by atoms with Crippen LogP contribution in [-0.4, -0.2) is 43.8 Å². The van der Waals surface area contributed by atoms with Crippen LogP contribution in [0.25, 0.3) is 0 Å². The van der Waals surface area contributed by atoms with Gasteiger partial charge in [0.2, 0.25) is 11.8 Å². The lowest BCUT2D eigenvalue weighted by atomic mass is 10.1. The number of aryl methyl sites for hydroxylation is 1. The normalized spacial score (nSPS) is 12.9. The van der Waals surface area contributed by atoms with Crippen molar-refractivity contribution < 1.29 is 18.0 Å². The van der Waals surface area contributed by atoms with Gasteiger partial charge in [-0.3, -0.25) is 13.9 Å². The highest BCUT2D eigenvalue weighted by molar-refractivity contribution is 7.92. The van der Waals surface area contributed by atoms with E-state index in [-0.39, 0.29) is 34.1 Å². The number of nitrogens with zero attached hydrogens (tertiary/aromatic N) is 2. The molecule has 0 bridgehead atoms. The highest BCUT2D eigenvalue weighted by Crippen LogP contribution is 2.31. The minimum atomic E-state index is -4.20. The Morgan fingerprint density at radius 1 is 0.897 bits per heavy atom. The molecule has 39 heavy (non-hydrogen) atoms. The second-order valence-corrected chi connectivity index (χ2v) is 12.1. The Hall–Kier alpha value is -3.07. The first kappa shape index (κ1) is 30.5. The first-order valence-electron chi connectivity index (χ1n) is 12.6. The molecule has 0 saturated heterocycles. The highest BCUT2D eigenvalue weighted by atomic mass is 35.5. The lowest BCUT2D eigenvalue weighted by Gasteiger charge is -2.32. The van der Waals surface area contributed by atoms with Crippen molar-refractivity contribution in [1.82, 2.24) is 10.2 Å². The number of benzene rings is 3. The second-order valence-electron chi connectivity index (χ2n) is 9.38. The number of para-hydroxylation sites is 1. The monoisotopic (exact) mass is 589 g/mol. The summed E-state index contributed by atoms with van der Waals surface area (Å²) in [6.07, 6.45) is 0.714. The number of amides is 2. The topological polar surface area (TPSA) is 86.8 Å². The van der Waals surface area contributed by atoms with E-state index in [0.29, 0.717) is 17.0 Å². The summed E-state index contributed by atoms with van der Waals surface area (Å²) in [6, 6.07) is 18.8. The Kier molecular flexibility index (Phi) is 10.4. The van der Waals surface area contributed by atoms with Gasteiger partial charge in [0.25, 0.3) is 10.0 Å². The Morgan fingerprint density at radius 3 is 2.08 bits per heavy atom. The smallest absolute Gasteiger partial charge is 0.264 e. The van der Waals surface area contributed by atoms with E-state index in [1.54, 1.807) is 67.6 Å². The van der Waals surface area contributed by atoms with Crippen molar-refractivity contribution in [1.29, 1.82) is 0 Å². The van der Waals surface area contributed by atoms with Crippen molar-refractivity contribution in [2.45, 2.75) is 57.6 Å². The van der Waals surface area contributed by atoms with Crippen molar-refractivity contribution in [3.05, 3.63) is 94.0 Å². The third-order valence-electron chi connectivity index (χ3n) is 6.48.